The Kier molecular flexibility index (Phi) is 3.38. The van der Waals surface area contributed by atoms with Gasteiger partial charge in [0.15, 0.2) is 0 Å². The fourth-order valence-electron chi connectivity index (χ4n) is 3.94. The van der Waals surface area contributed by atoms with Gasteiger partial charge in [-0.25, -0.2) is 4.39 Å². The van der Waals surface area contributed by atoms with E-state index in [4.69, 9.17) is 0 Å². The smallest absolute Gasteiger partial charge is 0.127 e. The van der Waals surface area contributed by atoms with Gasteiger partial charge in [-0.15, -0.1) is 0 Å². The molecule has 0 aromatic heterocycles. The SMILES string of the molecule is CCNC(c1ccccc1F)C1C2CCCCC21. The lowest BCUT2D eigenvalue weighted by Gasteiger charge is -2.19. The topological polar surface area (TPSA) is 12.0 Å². The number of rotatable bonds is 4. The molecule has 3 atom stereocenters. The van der Waals surface area contributed by atoms with E-state index in [0.717, 1.165) is 23.9 Å². The molecule has 2 aliphatic carbocycles. The number of nitrogens with one attached hydrogen (secondary N) is 1. The highest BCUT2D eigenvalue weighted by Crippen LogP contribution is 2.60. The maximum atomic E-state index is 14.0. The van der Waals surface area contributed by atoms with E-state index >= 15 is 0 Å². The molecule has 98 valence electrons. The predicted molar refractivity (Wildman–Crippen MR) is 71.8 cm³/mol. The minimum atomic E-state index is -0.0490. The molecular weight excluding hydrogens is 225 g/mol. The van der Waals surface area contributed by atoms with Crippen molar-refractivity contribution in [2.75, 3.05) is 6.54 Å². The van der Waals surface area contributed by atoms with E-state index in [1.807, 2.05) is 12.1 Å². The molecule has 2 heteroatoms. The summed E-state index contributed by atoms with van der Waals surface area (Å²) >= 11 is 0. The van der Waals surface area contributed by atoms with Gasteiger partial charge in [-0.05, 0) is 43.2 Å². The average molecular weight is 247 g/mol. The van der Waals surface area contributed by atoms with Crippen molar-refractivity contribution in [2.24, 2.45) is 17.8 Å². The number of hydrogen-bond acceptors (Lipinski definition) is 1. The molecule has 0 bridgehead atoms. The molecule has 18 heavy (non-hydrogen) atoms. The molecule has 1 nitrogen and oxygen atoms in total. The first kappa shape index (κ1) is 12.2. The molecule has 0 amide bonds. The maximum Gasteiger partial charge on any atom is 0.127 e. The first-order valence-electron chi connectivity index (χ1n) is 7.30. The monoisotopic (exact) mass is 247 g/mol. The molecule has 2 aliphatic rings. The summed E-state index contributed by atoms with van der Waals surface area (Å²) in [6.45, 7) is 3.02. The zero-order valence-electron chi connectivity index (χ0n) is 11.0. The van der Waals surface area contributed by atoms with Crippen LogP contribution in [0.3, 0.4) is 0 Å². The van der Waals surface area contributed by atoms with E-state index in [-0.39, 0.29) is 11.9 Å². The van der Waals surface area contributed by atoms with Crippen molar-refractivity contribution in [1.29, 1.82) is 0 Å². The van der Waals surface area contributed by atoms with Crippen molar-refractivity contribution in [1.82, 2.24) is 5.32 Å². The first-order chi connectivity index (χ1) is 8.83. The Morgan fingerprint density at radius 1 is 1.22 bits per heavy atom. The fourth-order valence-corrected chi connectivity index (χ4v) is 3.94. The summed E-state index contributed by atoms with van der Waals surface area (Å²) < 4.78 is 14.0. The Hall–Kier alpha value is -0.890. The molecule has 2 saturated carbocycles. The summed E-state index contributed by atoms with van der Waals surface area (Å²) in [5.74, 6) is 2.32. The van der Waals surface area contributed by atoms with Gasteiger partial charge in [0.2, 0.25) is 0 Å². The second-order valence-corrected chi connectivity index (χ2v) is 5.75. The largest absolute Gasteiger partial charge is 0.310 e. The van der Waals surface area contributed by atoms with Crippen LogP contribution in [0.4, 0.5) is 4.39 Å². The summed E-state index contributed by atoms with van der Waals surface area (Å²) in [6, 6.07) is 7.50. The van der Waals surface area contributed by atoms with Crippen molar-refractivity contribution >= 4 is 0 Å². The van der Waals surface area contributed by atoms with Crippen LogP contribution < -0.4 is 5.32 Å². The lowest BCUT2D eigenvalue weighted by Crippen LogP contribution is -2.24. The maximum absolute atomic E-state index is 14.0. The van der Waals surface area contributed by atoms with Crippen LogP contribution in [-0.2, 0) is 0 Å². The van der Waals surface area contributed by atoms with Crippen molar-refractivity contribution < 1.29 is 4.39 Å². The van der Waals surface area contributed by atoms with Gasteiger partial charge in [-0.1, -0.05) is 38.0 Å². The molecule has 0 aliphatic heterocycles. The fraction of sp³-hybridized carbons (Fsp3) is 0.625. The third-order valence-corrected chi connectivity index (χ3v) is 4.77. The van der Waals surface area contributed by atoms with Crippen molar-refractivity contribution in [2.45, 2.75) is 38.6 Å². The van der Waals surface area contributed by atoms with Crippen LogP contribution in [0.25, 0.3) is 0 Å². The minimum absolute atomic E-state index is 0.0490. The lowest BCUT2D eigenvalue weighted by atomic mass is 9.99. The van der Waals surface area contributed by atoms with Gasteiger partial charge in [-0.2, -0.15) is 0 Å². The number of benzene rings is 1. The van der Waals surface area contributed by atoms with Gasteiger partial charge < -0.3 is 5.32 Å². The molecule has 0 heterocycles. The molecule has 3 rings (SSSR count). The van der Waals surface area contributed by atoms with Gasteiger partial charge in [-0.3, -0.25) is 0 Å². The van der Waals surface area contributed by atoms with Crippen LogP contribution in [0, 0.1) is 23.6 Å². The number of halogens is 1. The second kappa shape index (κ2) is 5.00. The highest BCUT2D eigenvalue weighted by molar-refractivity contribution is 5.25. The molecule has 0 radical (unpaired) electrons. The highest BCUT2D eigenvalue weighted by atomic mass is 19.1. The van der Waals surface area contributed by atoms with Gasteiger partial charge in [0.05, 0.1) is 0 Å². The van der Waals surface area contributed by atoms with Gasteiger partial charge in [0.1, 0.15) is 5.82 Å². The molecule has 1 aromatic carbocycles. The zero-order chi connectivity index (χ0) is 12.5. The highest BCUT2D eigenvalue weighted by Gasteiger charge is 2.54. The van der Waals surface area contributed by atoms with Crippen molar-refractivity contribution in [3.05, 3.63) is 35.6 Å². The van der Waals surface area contributed by atoms with E-state index in [2.05, 4.69) is 12.2 Å². The Labute approximate surface area is 109 Å². The Bertz CT molecular complexity index is 405. The van der Waals surface area contributed by atoms with Gasteiger partial charge in [0.25, 0.3) is 0 Å². The van der Waals surface area contributed by atoms with Crippen molar-refractivity contribution in [3.8, 4) is 0 Å². The van der Waals surface area contributed by atoms with Crippen LogP contribution in [0.1, 0.15) is 44.2 Å². The molecule has 1 N–H and O–H groups in total. The van der Waals surface area contributed by atoms with Gasteiger partial charge in [0, 0.05) is 11.6 Å². The standard InChI is InChI=1S/C16H22FN/c1-2-18-16(13-9-5-6-10-14(13)17)15-11-7-3-4-8-12(11)15/h5-6,9-12,15-16,18H,2-4,7-8H2,1H3. The molecule has 0 saturated heterocycles. The molecule has 3 unspecified atom stereocenters. The Morgan fingerprint density at radius 3 is 2.50 bits per heavy atom. The number of fused-ring (bicyclic) bond motifs is 1. The van der Waals surface area contributed by atoms with E-state index < -0.39 is 0 Å². The third kappa shape index (κ3) is 2.07. The third-order valence-electron chi connectivity index (χ3n) is 4.77. The Balaban J connectivity index is 1.83. The average Bonchev–Trinajstić information content (AvgIpc) is 3.11. The normalized spacial score (nSPS) is 31.8. The van der Waals surface area contributed by atoms with Crippen LogP contribution >= 0.6 is 0 Å². The van der Waals surface area contributed by atoms with Crippen LogP contribution in [0.5, 0.6) is 0 Å². The summed E-state index contributed by atoms with van der Waals surface area (Å²) in [5.41, 5.74) is 0.874. The summed E-state index contributed by atoms with van der Waals surface area (Å²) in [7, 11) is 0. The number of hydrogen-bond donors (Lipinski definition) is 1. The lowest BCUT2D eigenvalue weighted by molar-refractivity contribution is 0.437. The van der Waals surface area contributed by atoms with E-state index in [1.54, 1.807) is 12.1 Å². The molecule has 2 fully saturated rings. The Morgan fingerprint density at radius 2 is 1.89 bits per heavy atom. The quantitative estimate of drug-likeness (QED) is 0.850. The van der Waals surface area contributed by atoms with Gasteiger partial charge >= 0.3 is 0 Å². The summed E-state index contributed by atoms with van der Waals surface area (Å²) in [5, 5.41) is 3.52. The zero-order valence-corrected chi connectivity index (χ0v) is 11.0. The first-order valence-corrected chi connectivity index (χ1v) is 7.30. The minimum Gasteiger partial charge on any atom is -0.310 e. The molecule has 1 aromatic rings. The second-order valence-electron chi connectivity index (χ2n) is 5.75. The van der Waals surface area contributed by atoms with E-state index in [9.17, 15) is 4.39 Å². The predicted octanol–water partition coefficient (Wildman–Crippen LogP) is 3.91. The molecular formula is C16H22FN. The summed E-state index contributed by atoms with van der Waals surface area (Å²) in [6.07, 6.45) is 5.44. The summed E-state index contributed by atoms with van der Waals surface area (Å²) in [4.78, 5) is 0. The van der Waals surface area contributed by atoms with Crippen LogP contribution in [0.15, 0.2) is 24.3 Å². The van der Waals surface area contributed by atoms with E-state index in [0.29, 0.717) is 5.92 Å². The van der Waals surface area contributed by atoms with Crippen LogP contribution in [0.2, 0.25) is 0 Å². The van der Waals surface area contributed by atoms with Crippen molar-refractivity contribution in [3.63, 3.8) is 0 Å². The molecule has 0 spiro atoms. The van der Waals surface area contributed by atoms with E-state index in [1.165, 1.54) is 25.7 Å². The van der Waals surface area contributed by atoms with Crippen LogP contribution in [-0.4, -0.2) is 6.54 Å².